The number of rotatable bonds is 45. The lowest BCUT2D eigenvalue weighted by atomic mass is 10.0. The van der Waals surface area contributed by atoms with Crippen LogP contribution in [-0.4, -0.2) is 68.3 Å². The standard InChI is InChI=1S/C53H92NO8P/c1-5-7-9-11-13-15-17-19-21-23-25-26-28-30-32-34-36-38-40-42-44-46-53(56)62-51(50-61-63(57,58)60-48-47-54(3)4)49-59-52(55)45-43-41-39-37-35-33-31-29-27-24-22-20-18-16-14-12-10-8-6-2/h8,10,14,16,19-22,27,29,33,35,39,41,51H,5-7,9,11-13,15,17-18,23-26,28,30-32,34,36-38,40,42-50H2,1-4H3,(H,57,58)/b10-8-,16-14-,21-19-,22-20-,29-27-,35-33-,41-39-. The number of carbonyl (C=O) groups excluding carboxylic acids is 2. The second-order valence-corrected chi connectivity index (χ2v) is 18.1. The van der Waals surface area contributed by atoms with E-state index in [2.05, 4.69) is 86.8 Å². The minimum absolute atomic E-state index is 0.00764. The van der Waals surface area contributed by atoms with E-state index in [0.29, 0.717) is 19.4 Å². The van der Waals surface area contributed by atoms with Gasteiger partial charge in [0, 0.05) is 19.4 Å². The number of carbonyl (C=O) groups is 2. The van der Waals surface area contributed by atoms with E-state index in [0.717, 1.165) is 57.8 Å². The lowest BCUT2D eigenvalue weighted by Gasteiger charge is -2.20. The van der Waals surface area contributed by atoms with Crippen molar-refractivity contribution < 1.29 is 37.6 Å². The van der Waals surface area contributed by atoms with Crippen LogP contribution in [0.3, 0.4) is 0 Å². The molecule has 0 aromatic heterocycles. The molecule has 9 nitrogen and oxygen atoms in total. The van der Waals surface area contributed by atoms with Crippen LogP contribution >= 0.6 is 7.82 Å². The summed E-state index contributed by atoms with van der Waals surface area (Å²) in [6, 6.07) is 0. The molecule has 2 atom stereocenters. The molecule has 10 heteroatoms. The fraction of sp³-hybridized carbons (Fsp3) is 0.698. The summed E-state index contributed by atoms with van der Waals surface area (Å²) in [5.41, 5.74) is 0. The lowest BCUT2D eigenvalue weighted by Crippen LogP contribution is -2.29. The molecule has 0 aromatic carbocycles. The molecular weight excluding hydrogens is 810 g/mol. The first kappa shape index (κ1) is 60.2. The molecule has 362 valence electrons. The van der Waals surface area contributed by atoms with Gasteiger partial charge in [-0.05, 0) is 91.1 Å². The summed E-state index contributed by atoms with van der Waals surface area (Å²) < 4.78 is 33.5. The average Bonchev–Trinajstić information content (AvgIpc) is 3.25. The summed E-state index contributed by atoms with van der Waals surface area (Å²) in [7, 11) is -0.751. The van der Waals surface area contributed by atoms with Crippen LogP contribution in [0, 0.1) is 0 Å². The molecule has 0 rings (SSSR count). The molecule has 0 saturated carbocycles. The van der Waals surface area contributed by atoms with Crippen molar-refractivity contribution in [1.82, 2.24) is 4.90 Å². The predicted octanol–water partition coefficient (Wildman–Crippen LogP) is 15.0. The van der Waals surface area contributed by atoms with E-state index in [-0.39, 0.29) is 26.1 Å². The van der Waals surface area contributed by atoms with Gasteiger partial charge in [-0.15, -0.1) is 0 Å². The van der Waals surface area contributed by atoms with Gasteiger partial charge in [0.15, 0.2) is 6.10 Å². The van der Waals surface area contributed by atoms with Gasteiger partial charge in [-0.2, -0.15) is 0 Å². The van der Waals surface area contributed by atoms with E-state index >= 15 is 0 Å². The molecule has 0 heterocycles. The van der Waals surface area contributed by atoms with Gasteiger partial charge >= 0.3 is 19.8 Å². The van der Waals surface area contributed by atoms with Crippen molar-refractivity contribution in [2.75, 3.05) is 40.5 Å². The third-order valence-corrected chi connectivity index (χ3v) is 11.2. The van der Waals surface area contributed by atoms with Gasteiger partial charge < -0.3 is 19.3 Å². The van der Waals surface area contributed by atoms with Crippen molar-refractivity contribution in [3.05, 3.63) is 85.1 Å². The molecule has 0 amide bonds. The number of unbranched alkanes of at least 4 members (excludes halogenated alkanes) is 17. The normalized spacial score (nSPS) is 14.0. The first-order chi connectivity index (χ1) is 30.7. The Kier molecular flexibility index (Phi) is 45.1. The number of nitrogens with zero attached hydrogens (tertiary/aromatic N) is 1. The quantitative estimate of drug-likeness (QED) is 0.0276. The maximum absolute atomic E-state index is 12.7. The number of phosphoric acid groups is 1. The third-order valence-electron chi connectivity index (χ3n) is 10.2. The summed E-state index contributed by atoms with van der Waals surface area (Å²) in [4.78, 5) is 37.1. The molecular formula is C53H92NO8P. The molecule has 0 spiro atoms. The molecule has 0 saturated heterocycles. The zero-order valence-electron chi connectivity index (χ0n) is 40.5. The van der Waals surface area contributed by atoms with Crippen LogP contribution < -0.4 is 0 Å². The maximum Gasteiger partial charge on any atom is 0.472 e. The number of esters is 2. The Morgan fingerprint density at radius 2 is 0.937 bits per heavy atom. The summed E-state index contributed by atoms with van der Waals surface area (Å²) in [5.74, 6) is -0.904. The first-order valence-electron chi connectivity index (χ1n) is 24.9. The zero-order valence-corrected chi connectivity index (χ0v) is 41.4. The highest BCUT2D eigenvalue weighted by molar-refractivity contribution is 7.47. The molecule has 0 aliphatic heterocycles. The van der Waals surface area contributed by atoms with Gasteiger partial charge in [0.2, 0.25) is 0 Å². The van der Waals surface area contributed by atoms with Crippen LogP contribution in [-0.2, 0) is 32.7 Å². The highest BCUT2D eigenvalue weighted by atomic mass is 31.2. The van der Waals surface area contributed by atoms with Crippen molar-refractivity contribution in [2.24, 2.45) is 0 Å². The van der Waals surface area contributed by atoms with Crippen LogP contribution in [0.25, 0.3) is 0 Å². The van der Waals surface area contributed by atoms with Crippen molar-refractivity contribution >= 4 is 19.8 Å². The number of hydrogen-bond donors (Lipinski definition) is 1. The number of phosphoric ester groups is 1. The van der Waals surface area contributed by atoms with E-state index in [1.807, 2.05) is 31.1 Å². The van der Waals surface area contributed by atoms with E-state index in [1.54, 1.807) is 0 Å². The van der Waals surface area contributed by atoms with Gasteiger partial charge in [0.05, 0.1) is 13.2 Å². The van der Waals surface area contributed by atoms with Crippen LogP contribution in [0.2, 0.25) is 0 Å². The number of likely N-dealkylation sites (N-methyl/N-ethyl adjacent to an activating group) is 1. The largest absolute Gasteiger partial charge is 0.472 e. The summed E-state index contributed by atoms with van der Waals surface area (Å²) in [6.07, 6.45) is 59.4. The molecule has 63 heavy (non-hydrogen) atoms. The fourth-order valence-corrected chi connectivity index (χ4v) is 7.16. The molecule has 0 aliphatic rings. The highest BCUT2D eigenvalue weighted by Crippen LogP contribution is 2.43. The molecule has 1 N–H and O–H groups in total. The highest BCUT2D eigenvalue weighted by Gasteiger charge is 2.26. The summed E-state index contributed by atoms with van der Waals surface area (Å²) >= 11 is 0. The molecule has 0 bridgehead atoms. The van der Waals surface area contributed by atoms with Crippen LogP contribution in [0.15, 0.2) is 85.1 Å². The van der Waals surface area contributed by atoms with Gasteiger partial charge in [0.1, 0.15) is 6.61 Å². The van der Waals surface area contributed by atoms with Crippen molar-refractivity contribution in [2.45, 2.75) is 200 Å². The first-order valence-corrected chi connectivity index (χ1v) is 26.4. The Balaban J connectivity index is 4.31. The van der Waals surface area contributed by atoms with Crippen molar-refractivity contribution in [1.29, 1.82) is 0 Å². The SMILES string of the molecule is CC/C=C\C/C=C\C/C=C\C/C=C\C/C=C\C/C=C\CCC(=O)OCC(COP(=O)(O)OCCN(C)C)OC(=O)CCCCCCCCCCCCC/C=C\CCCCCCCC. The Morgan fingerprint density at radius 3 is 1.41 bits per heavy atom. The van der Waals surface area contributed by atoms with Gasteiger partial charge in [-0.3, -0.25) is 18.6 Å². The van der Waals surface area contributed by atoms with Crippen LogP contribution in [0.4, 0.5) is 0 Å². The Bertz CT molecular complexity index is 1320. The second-order valence-electron chi connectivity index (χ2n) is 16.6. The average molecular weight is 902 g/mol. The predicted molar refractivity (Wildman–Crippen MR) is 266 cm³/mol. The number of ether oxygens (including phenoxy) is 2. The van der Waals surface area contributed by atoms with Crippen molar-refractivity contribution in [3.8, 4) is 0 Å². The Hall–Kier alpha value is -2.81. The van der Waals surface area contributed by atoms with E-state index in [1.165, 1.54) is 96.3 Å². The van der Waals surface area contributed by atoms with Crippen molar-refractivity contribution in [3.63, 3.8) is 0 Å². The number of hydrogen-bond acceptors (Lipinski definition) is 8. The van der Waals surface area contributed by atoms with Crippen LogP contribution in [0.5, 0.6) is 0 Å². The van der Waals surface area contributed by atoms with Crippen LogP contribution in [0.1, 0.15) is 194 Å². The molecule has 0 aliphatic carbocycles. The number of allylic oxidation sites excluding steroid dienone is 14. The van der Waals surface area contributed by atoms with E-state index < -0.39 is 32.5 Å². The zero-order chi connectivity index (χ0) is 46.2. The lowest BCUT2D eigenvalue weighted by molar-refractivity contribution is -0.161. The minimum atomic E-state index is -4.39. The monoisotopic (exact) mass is 902 g/mol. The second kappa shape index (κ2) is 47.2. The topological polar surface area (TPSA) is 112 Å². The maximum atomic E-state index is 12.7. The molecule has 2 unspecified atom stereocenters. The Labute approximate surface area is 386 Å². The molecule has 0 fully saturated rings. The molecule has 0 radical (unpaired) electrons. The molecule has 0 aromatic rings. The van der Waals surface area contributed by atoms with E-state index in [4.69, 9.17) is 18.5 Å². The minimum Gasteiger partial charge on any atom is -0.462 e. The van der Waals surface area contributed by atoms with E-state index in [9.17, 15) is 19.0 Å². The Morgan fingerprint density at radius 1 is 0.508 bits per heavy atom. The smallest absolute Gasteiger partial charge is 0.462 e. The van der Waals surface area contributed by atoms with Gasteiger partial charge in [-0.1, -0.05) is 189 Å². The summed E-state index contributed by atoms with van der Waals surface area (Å²) in [5, 5.41) is 0. The summed E-state index contributed by atoms with van der Waals surface area (Å²) in [6.45, 7) is 4.12. The van der Waals surface area contributed by atoms with Gasteiger partial charge in [0.25, 0.3) is 0 Å². The third kappa shape index (κ3) is 48.5. The fourth-order valence-electron chi connectivity index (χ4n) is 6.41. The van der Waals surface area contributed by atoms with Gasteiger partial charge in [-0.25, -0.2) is 4.57 Å².